The van der Waals surface area contributed by atoms with E-state index in [0.29, 0.717) is 13.2 Å². The van der Waals surface area contributed by atoms with Gasteiger partial charge in [0.2, 0.25) is 0 Å². The number of piperidine rings is 1. The lowest BCUT2D eigenvalue weighted by Gasteiger charge is -2.32. The number of carbonyl (C=O) groups is 1. The summed E-state index contributed by atoms with van der Waals surface area (Å²) in [4.78, 5) is 14.6. The normalized spacial score (nSPS) is 16.3. The van der Waals surface area contributed by atoms with Crippen molar-refractivity contribution < 1.29 is 9.53 Å². The van der Waals surface area contributed by atoms with Crippen molar-refractivity contribution in [1.82, 2.24) is 15.5 Å². The summed E-state index contributed by atoms with van der Waals surface area (Å²) in [6, 6.07) is 8.24. The first kappa shape index (κ1) is 17.8. The Morgan fingerprint density at radius 1 is 1.26 bits per heavy atom. The van der Waals surface area contributed by atoms with Crippen LogP contribution in [0.3, 0.4) is 0 Å². The van der Waals surface area contributed by atoms with Crippen LogP contribution in [0.1, 0.15) is 37.3 Å². The van der Waals surface area contributed by atoms with Crippen molar-refractivity contribution in [3.8, 4) is 0 Å². The van der Waals surface area contributed by atoms with Crippen molar-refractivity contribution in [2.75, 3.05) is 26.7 Å². The van der Waals surface area contributed by atoms with Crippen molar-refractivity contribution in [2.45, 2.75) is 45.4 Å². The second-order valence-electron chi connectivity index (χ2n) is 6.14. The van der Waals surface area contributed by atoms with Gasteiger partial charge in [0.05, 0.1) is 6.61 Å². The first-order valence-electron chi connectivity index (χ1n) is 8.55. The summed E-state index contributed by atoms with van der Waals surface area (Å²) in [5, 5.41) is 6.06. The highest BCUT2D eigenvalue weighted by molar-refractivity contribution is 5.74. The molecule has 0 radical (unpaired) electrons. The maximum absolute atomic E-state index is 12.1. The first-order valence-corrected chi connectivity index (χ1v) is 8.55. The number of nitrogens with one attached hydrogen (secondary N) is 2. The molecule has 1 saturated heterocycles. The lowest BCUT2D eigenvalue weighted by molar-refractivity contribution is 0.183. The zero-order chi connectivity index (χ0) is 16.5. The summed E-state index contributed by atoms with van der Waals surface area (Å²) in [7, 11) is 1.68. The zero-order valence-electron chi connectivity index (χ0n) is 14.3. The number of urea groups is 1. The van der Waals surface area contributed by atoms with Gasteiger partial charge in [0, 0.05) is 32.8 Å². The van der Waals surface area contributed by atoms with Crippen LogP contribution in [0.25, 0.3) is 0 Å². The molecule has 1 aromatic rings. The largest absolute Gasteiger partial charge is 0.380 e. The minimum absolute atomic E-state index is 0.0776. The van der Waals surface area contributed by atoms with E-state index in [-0.39, 0.29) is 12.1 Å². The number of hydrogen-bond acceptors (Lipinski definition) is 3. The number of nitrogens with zero attached hydrogens (tertiary/aromatic N) is 1. The third-order valence-corrected chi connectivity index (χ3v) is 4.32. The van der Waals surface area contributed by atoms with E-state index in [2.05, 4.69) is 22.5 Å². The van der Waals surface area contributed by atoms with Crippen LogP contribution in [0.2, 0.25) is 0 Å². The van der Waals surface area contributed by atoms with Crippen LogP contribution in [0.5, 0.6) is 0 Å². The smallest absolute Gasteiger partial charge is 0.315 e. The second kappa shape index (κ2) is 9.53. The van der Waals surface area contributed by atoms with Gasteiger partial charge in [0.1, 0.15) is 0 Å². The third-order valence-electron chi connectivity index (χ3n) is 4.32. The molecule has 128 valence electrons. The van der Waals surface area contributed by atoms with Gasteiger partial charge in [-0.25, -0.2) is 4.79 Å². The topological polar surface area (TPSA) is 53.6 Å². The van der Waals surface area contributed by atoms with Crippen molar-refractivity contribution in [2.24, 2.45) is 0 Å². The number of carbonyl (C=O) groups excluding carboxylic acids is 1. The molecule has 0 unspecified atom stereocenters. The molecule has 0 aromatic heterocycles. The van der Waals surface area contributed by atoms with Gasteiger partial charge < -0.3 is 20.3 Å². The zero-order valence-corrected chi connectivity index (χ0v) is 14.3. The van der Waals surface area contributed by atoms with Gasteiger partial charge in [-0.05, 0) is 36.9 Å². The van der Waals surface area contributed by atoms with E-state index < -0.39 is 0 Å². The molecule has 1 aliphatic heterocycles. The average molecular weight is 319 g/mol. The maximum atomic E-state index is 12.1. The van der Waals surface area contributed by atoms with Crippen LogP contribution < -0.4 is 10.6 Å². The molecule has 2 amide bonds. The van der Waals surface area contributed by atoms with Gasteiger partial charge >= 0.3 is 6.03 Å². The van der Waals surface area contributed by atoms with Gasteiger partial charge in [-0.15, -0.1) is 0 Å². The summed E-state index contributed by atoms with van der Waals surface area (Å²) in [5.74, 6) is 0. The monoisotopic (exact) mass is 319 g/mol. The Balaban J connectivity index is 1.74. The molecule has 1 heterocycles. The molecule has 0 saturated carbocycles. The number of ether oxygens (including phenoxy) is 1. The molecule has 2 N–H and O–H groups in total. The SMILES string of the molecule is CCCN1CCC(NC(=O)NCc2ccccc2COC)CC1. The Labute approximate surface area is 139 Å². The van der Waals surface area contributed by atoms with E-state index >= 15 is 0 Å². The lowest BCUT2D eigenvalue weighted by atomic mass is 10.1. The van der Waals surface area contributed by atoms with E-state index in [0.717, 1.165) is 43.6 Å². The number of amides is 2. The molecular weight excluding hydrogens is 290 g/mol. The lowest BCUT2D eigenvalue weighted by Crippen LogP contribution is -2.47. The number of likely N-dealkylation sites (tertiary alicyclic amines) is 1. The minimum Gasteiger partial charge on any atom is -0.380 e. The quantitative estimate of drug-likeness (QED) is 0.812. The van der Waals surface area contributed by atoms with Gasteiger partial charge in [0.15, 0.2) is 0 Å². The van der Waals surface area contributed by atoms with Gasteiger partial charge in [-0.3, -0.25) is 0 Å². The molecule has 0 aliphatic carbocycles. The molecule has 1 aromatic carbocycles. The molecule has 0 bridgehead atoms. The Kier molecular flexibility index (Phi) is 7.36. The van der Waals surface area contributed by atoms with Crippen molar-refractivity contribution in [3.63, 3.8) is 0 Å². The first-order chi connectivity index (χ1) is 11.2. The van der Waals surface area contributed by atoms with Gasteiger partial charge in [-0.1, -0.05) is 31.2 Å². The van der Waals surface area contributed by atoms with Gasteiger partial charge in [-0.2, -0.15) is 0 Å². The number of hydrogen-bond donors (Lipinski definition) is 2. The van der Waals surface area contributed by atoms with Crippen LogP contribution in [0, 0.1) is 0 Å². The van der Waals surface area contributed by atoms with Crippen molar-refractivity contribution in [1.29, 1.82) is 0 Å². The number of rotatable bonds is 7. The standard InChI is InChI=1S/C18H29N3O2/c1-3-10-21-11-8-17(9-12-21)20-18(22)19-13-15-6-4-5-7-16(15)14-23-2/h4-7,17H,3,8-14H2,1-2H3,(H2,19,20,22). The minimum atomic E-state index is -0.0776. The third kappa shape index (κ3) is 5.84. The molecule has 1 aliphatic rings. The molecule has 0 atom stereocenters. The summed E-state index contributed by atoms with van der Waals surface area (Å²) >= 11 is 0. The van der Waals surface area contributed by atoms with E-state index in [1.54, 1.807) is 7.11 Å². The average Bonchev–Trinajstić information content (AvgIpc) is 2.56. The molecule has 23 heavy (non-hydrogen) atoms. The van der Waals surface area contributed by atoms with E-state index in [4.69, 9.17) is 4.74 Å². The highest BCUT2D eigenvalue weighted by Crippen LogP contribution is 2.11. The Bertz CT molecular complexity index is 485. The predicted octanol–water partition coefficient (Wildman–Crippen LogP) is 2.51. The molecule has 2 rings (SSSR count). The van der Waals surface area contributed by atoms with Crippen molar-refractivity contribution >= 4 is 6.03 Å². The number of methoxy groups -OCH3 is 1. The molecule has 5 nitrogen and oxygen atoms in total. The molecular formula is C18H29N3O2. The van der Waals surface area contributed by atoms with Crippen LogP contribution in [-0.2, 0) is 17.9 Å². The second-order valence-corrected chi connectivity index (χ2v) is 6.14. The van der Waals surface area contributed by atoms with E-state index in [1.165, 1.54) is 6.42 Å². The Morgan fingerprint density at radius 2 is 1.96 bits per heavy atom. The Hall–Kier alpha value is -1.59. The molecule has 0 spiro atoms. The van der Waals surface area contributed by atoms with E-state index in [1.807, 2.05) is 24.3 Å². The number of benzene rings is 1. The summed E-state index contributed by atoms with van der Waals surface area (Å²) in [5.41, 5.74) is 2.21. The van der Waals surface area contributed by atoms with Crippen molar-refractivity contribution in [3.05, 3.63) is 35.4 Å². The fourth-order valence-corrected chi connectivity index (χ4v) is 3.06. The summed E-state index contributed by atoms with van der Waals surface area (Å²) < 4.78 is 5.19. The van der Waals surface area contributed by atoms with Crippen LogP contribution in [0.4, 0.5) is 4.79 Å². The fourth-order valence-electron chi connectivity index (χ4n) is 3.06. The van der Waals surface area contributed by atoms with Crippen LogP contribution in [-0.4, -0.2) is 43.7 Å². The van der Waals surface area contributed by atoms with E-state index in [9.17, 15) is 4.79 Å². The molecule has 5 heteroatoms. The Morgan fingerprint density at radius 3 is 2.61 bits per heavy atom. The highest BCUT2D eigenvalue weighted by atomic mass is 16.5. The fraction of sp³-hybridized carbons (Fsp3) is 0.611. The molecule has 1 fully saturated rings. The maximum Gasteiger partial charge on any atom is 0.315 e. The highest BCUT2D eigenvalue weighted by Gasteiger charge is 2.19. The van der Waals surface area contributed by atoms with Crippen LogP contribution in [0.15, 0.2) is 24.3 Å². The summed E-state index contributed by atoms with van der Waals surface area (Å²) in [6.45, 7) is 6.62. The predicted molar refractivity (Wildman–Crippen MR) is 92.3 cm³/mol. The summed E-state index contributed by atoms with van der Waals surface area (Å²) in [6.07, 6.45) is 3.26. The van der Waals surface area contributed by atoms with Crippen LogP contribution >= 0.6 is 0 Å². The van der Waals surface area contributed by atoms with Gasteiger partial charge in [0.25, 0.3) is 0 Å².